The molecule has 2 rings (SSSR count). The lowest BCUT2D eigenvalue weighted by Crippen LogP contribution is -2.18. The van der Waals surface area contributed by atoms with Crippen molar-refractivity contribution in [2.24, 2.45) is 5.73 Å². The Hall–Kier alpha value is -1.61. The van der Waals surface area contributed by atoms with E-state index in [9.17, 15) is 0 Å². The molecule has 0 spiro atoms. The second kappa shape index (κ2) is 6.71. The van der Waals surface area contributed by atoms with Crippen molar-refractivity contribution < 1.29 is 0 Å². The summed E-state index contributed by atoms with van der Waals surface area (Å²) < 4.78 is 2.03. The van der Waals surface area contributed by atoms with Gasteiger partial charge in [0.15, 0.2) is 0 Å². The summed E-state index contributed by atoms with van der Waals surface area (Å²) in [5.74, 6) is 0. The van der Waals surface area contributed by atoms with Gasteiger partial charge in [-0.25, -0.2) is 0 Å². The lowest BCUT2D eigenvalue weighted by atomic mass is 10.0. The quantitative estimate of drug-likeness (QED) is 0.876. The Morgan fingerprint density at radius 3 is 2.25 bits per heavy atom. The van der Waals surface area contributed by atoms with Gasteiger partial charge in [-0.15, -0.1) is 0 Å². The molecule has 0 aliphatic carbocycles. The SMILES string of the molecule is CCc1ccc(CC(N)c2cc(CC)nn2CC)cc1. The molecule has 1 atom stereocenters. The molecule has 1 aromatic heterocycles. The number of benzene rings is 1. The van der Waals surface area contributed by atoms with Gasteiger partial charge in [0, 0.05) is 6.54 Å². The minimum Gasteiger partial charge on any atom is -0.322 e. The molecule has 108 valence electrons. The van der Waals surface area contributed by atoms with Crippen LogP contribution in [0.15, 0.2) is 30.3 Å². The lowest BCUT2D eigenvalue weighted by Gasteiger charge is -2.13. The van der Waals surface area contributed by atoms with E-state index < -0.39 is 0 Å². The highest BCUT2D eigenvalue weighted by molar-refractivity contribution is 5.25. The molecule has 0 amide bonds. The molecule has 2 aromatic rings. The van der Waals surface area contributed by atoms with Gasteiger partial charge in [0.05, 0.1) is 17.4 Å². The van der Waals surface area contributed by atoms with Crippen LogP contribution in [0, 0.1) is 0 Å². The van der Waals surface area contributed by atoms with Gasteiger partial charge in [0.25, 0.3) is 0 Å². The zero-order chi connectivity index (χ0) is 14.5. The number of nitrogens with zero attached hydrogens (tertiary/aromatic N) is 2. The van der Waals surface area contributed by atoms with Crippen molar-refractivity contribution in [3.63, 3.8) is 0 Å². The molecule has 1 heterocycles. The van der Waals surface area contributed by atoms with E-state index in [-0.39, 0.29) is 6.04 Å². The van der Waals surface area contributed by atoms with Crippen LogP contribution in [0.1, 0.15) is 49.3 Å². The summed E-state index contributed by atoms with van der Waals surface area (Å²) >= 11 is 0. The molecule has 0 aliphatic heterocycles. The molecule has 0 radical (unpaired) electrons. The van der Waals surface area contributed by atoms with Crippen molar-refractivity contribution in [2.45, 2.75) is 52.6 Å². The van der Waals surface area contributed by atoms with Crippen molar-refractivity contribution in [1.82, 2.24) is 9.78 Å². The van der Waals surface area contributed by atoms with Crippen LogP contribution in [-0.2, 0) is 25.8 Å². The number of hydrogen-bond donors (Lipinski definition) is 1. The van der Waals surface area contributed by atoms with Crippen molar-refractivity contribution >= 4 is 0 Å². The monoisotopic (exact) mass is 271 g/mol. The van der Waals surface area contributed by atoms with Crippen LogP contribution >= 0.6 is 0 Å². The third kappa shape index (κ3) is 3.28. The first-order chi connectivity index (χ1) is 9.67. The van der Waals surface area contributed by atoms with Crippen LogP contribution in [0.3, 0.4) is 0 Å². The average molecular weight is 271 g/mol. The number of aryl methyl sites for hydroxylation is 3. The Morgan fingerprint density at radius 2 is 1.70 bits per heavy atom. The zero-order valence-electron chi connectivity index (χ0n) is 12.8. The van der Waals surface area contributed by atoms with E-state index in [1.807, 2.05) is 4.68 Å². The van der Waals surface area contributed by atoms with Gasteiger partial charge < -0.3 is 5.73 Å². The Labute approximate surface area is 121 Å². The largest absolute Gasteiger partial charge is 0.322 e. The fourth-order valence-electron chi connectivity index (χ4n) is 2.48. The second-order valence-electron chi connectivity index (χ2n) is 5.21. The molecular formula is C17H25N3. The first-order valence-electron chi connectivity index (χ1n) is 7.57. The molecule has 3 nitrogen and oxygen atoms in total. The molecule has 0 fully saturated rings. The first-order valence-corrected chi connectivity index (χ1v) is 7.57. The summed E-state index contributed by atoms with van der Waals surface area (Å²) in [7, 11) is 0. The van der Waals surface area contributed by atoms with E-state index in [1.165, 1.54) is 11.1 Å². The van der Waals surface area contributed by atoms with E-state index in [0.717, 1.165) is 37.2 Å². The van der Waals surface area contributed by atoms with Gasteiger partial charge in [-0.05, 0) is 43.4 Å². The Balaban J connectivity index is 2.14. The predicted octanol–water partition coefficient (Wildman–Crippen LogP) is 3.27. The minimum atomic E-state index is 0.00947. The topological polar surface area (TPSA) is 43.8 Å². The summed E-state index contributed by atoms with van der Waals surface area (Å²) in [4.78, 5) is 0. The molecule has 0 saturated heterocycles. The Kier molecular flexibility index (Phi) is 4.96. The fraction of sp³-hybridized carbons (Fsp3) is 0.471. The summed E-state index contributed by atoms with van der Waals surface area (Å²) in [6.45, 7) is 7.28. The van der Waals surface area contributed by atoms with Crippen molar-refractivity contribution in [1.29, 1.82) is 0 Å². The summed E-state index contributed by atoms with van der Waals surface area (Å²) in [5.41, 5.74) is 11.3. The van der Waals surface area contributed by atoms with Crippen molar-refractivity contribution in [3.05, 3.63) is 52.8 Å². The van der Waals surface area contributed by atoms with Crippen LogP contribution in [-0.4, -0.2) is 9.78 Å². The molecule has 0 bridgehead atoms. The van der Waals surface area contributed by atoms with Gasteiger partial charge in [-0.2, -0.15) is 5.10 Å². The molecule has 0 saturated carbocycles. The van der Waals surface area contributed by atoms with Crippen molar-refractivity contribution in [3.8, 4) is 0 Å². The summed E-state index contributed by atoms with van der Waals surface area (Å²) in [5, 5.41) is 4.57. The molecular weight excluding hydrogens is 246 g/mol. The van der Waals surface area contributed by atoms with Crippen LogP contribution in [0.4, 0.5) is 0 Å². The predicted molar refractivity (Wildman–Crippen MR) is 83.7 cm³/mol. The van der Waals surface area contributed by atoms with E-state index >= 15 is 0 Å². The van der Waals surface area contributed by atoms with E-state index in [4.69, 9.17) is 5.73 Å². The van der Waals surface area contributed by atoms with Crippen LogP contribution in [0.2, 0.25) is 0 Å². The van der Waals surface area contributed by atoms with E-state index in [0.29, 0.717) is 0 Å². The molecule has 1 aromatic carbocycles. The number of aromatic nitrogens is 2. The highest BCUT2D eigenvalue weighted by Crippen LogP contribution is 2.18. The third-order valence-corrected chi connectivity index (χ3v) is 3.79. The highest BCUT2D eigenvalue weighted by atomic mass is 15.3. The molecule has 0 aliphatic rings. The second-order valence-corrected chi connectivity index (χ2v) is 5.21. The standard InChI is InChI=1S/C17H25N3/c1-4-13-7-9-14(10-8-13)11-16(18)17-12-15(5-2)19-20(17)6-3/h7-10,12,16H,4-6,11,18H2,1-3H3. The maximum absolute atomic E-state index is 6.38. The summed E-state index contributed by atoms with van der Waals surface area (Å²) in [6.07, 6.45) is 2.89. The van der Waals surface area contributed by atoms with Crippen LogP contribution < -0.4 is 5.73 Å². The third-order valence-electron chi connectivity index (χ3n) is 3.79. The number of hydrogen-bond acceptors (Lipinski definition) is 2. The fourth-order valence-corrected chi connectivity index (χ4v) is 2.48. The Morgan fingerprint density at radius 1 is 1.05 bits per heavy atom. The number of nitrogens with two attached hydrogens (primary N) is 1. The zero-order valence-corrected chi connectivity index (χ0v) is 12.8. The normalized spacial score (nSPS) is 12.6. The molecule has 3 heteroatoms. The molecule has 2 N–H and O–H groups in total. The van der Waals surface area contributed by atoms with E-state index in [1.54, 1.807) is 0 Å². The van der Waals surface area contributed by atoms with Gasteiger partial charge in [-0.3, -0.25) is 4.68 Å². The number of rotatable bonds is 6. The van der Waals surface area contributed by atoms with Gasteiger partial charge in [-0.1, -0.05) is 38.1 Å². The molecule has 1 unspecified atom stereocenters. The highest BCUT2D eigenvalue weighted by Gasteiger charge is 2.14. The maximum atomic E-state index is 6.38. The van der Waals surface area contributed by atoms with Crippen LogP contribution in [0.25, 0.3) is 0 Å². The van der Waals surface area contributed by atoms with Gasteiger partial charge in [0.1, 0.15) is 0 Å². The minimum absolute atomic E-state index is 0.00947. The molecule has 20 heavy (non-hydrogen) atoms. The van der Waals surface area contributed by atoms with Crippen LogP contribution in [0.5, 0.6) is 0 Å². The smallest absolute Gasteiger partial charge is 0.0625 e. The maximum Gasteiger partial charge on any atom is 0.0625 e. The summed E-state index contributed by atoms with van der Waals surface area (Å²) in [6, 6.07) is 10.9. The average Bonchev–Trinajstić information content (AvgIpc) is 2.91. The first kappa shape index (κ1) is 14.8. The van der Waals surface area contributed by atoms with Gasteiger partial charge >= 0.3 is 0 Å². The van der Waals surface area contributed by atoms with E-state index in [2.05, 4.69) is 56.2 Å². The van der Waals surface area contributed by atoms with Crippen molar-refractivity contribution in [2.75, 3.05) is 0 Å². The van der Waals surface area contributed by atoms with Gasteiger partial charge in [0.2, 0.25) is 0 Å². The Bertz CT molecular complexity index is 540. The lowest BCUT2D eigenvalue weighted by molar-refractivity contribution is 0.565.